The summed E-state index contributed by atoms with van der Waals surface area (Å²) in [6, 6.07) is 6.71. The van der Waals surface area contributed by atoms with Gasteiger partial charge in [0.15, 0.2) is 11.9 Å². The molecular weight excluding hydrogens is 232 g/mol. The van der Waals surface area contributed by atoms with Crippen molar-refractivity contribution in [2.75, 3.05) is 0 Å². The maximum absolute atomic E-state index is 11.8. The Morgan fingerprint density at radius 2 is 1.94 bits per heavy atom. The van der Waals surface area contributed by atoms with E-state index in [9.17, 15) is 9.59 Å². The number of carbonyl (C=O) groups is 2. The van der Waals surface area contributed by atoms with E-state index >= 15 is 0 Å². The smallest absolute Gasteiger partial charge is 0.344 e. The van der Waals surface area contributed by atoms with Gasteiger partial charge >= 0.3 is 5.97 Å². The molecule has 0 aromatic heterocycles. The molecule has 0 radical (unpaired) electrons. The van der Waals surface area contributed by atoms with E-state index in [2.05, 4.69) is 0 Å². The average molecular weight is 248 g/mol. The van der Waals surface area contributed by atoms with E-state index in [1.54, 1.807) is 31.2 Å². The summed E-state index contributed by atoms with van der Waals surface area (Å²) < 4.78 is 5.33. The van der Waals surface area contributed by atoms with Crippen molar-refractivity contribution in [2.45, 2.75) is 32.3 Å². The molecule has 1 aromatic rings. The van der Waals surface area contributed by atoms with Crippen LogP contribution < -0.4 is 4.74 Å². The molecule has 1 unspecified atom stereocenters. The first-order valence-corrected chi connectivity index (χ1v) is 6.15. The zero-order chi connectivity index (χ0) is 13.1. The number of carboxylic acids is 1. The maximum atomic E-state index is 11.8. The fourth-order valence-corrected chi connectivity index (χ4v) is 1.75. The molecule has 1 saturated carbocycles. The molecule has 18 heavy (non-hydrogen) atoms. The van der Waals surface area contributed by atoms with Crippen LogP contribution in [0.2, 0.25) is 0 Å². The van der Waals surface area contributed by atoms with Crippen molar-refractivity contribution < 1.29 is 19.4 Å². The lowest BCUT2D eigenvalue weighted by Gasteiger charge is -2.13. The molecule has 1 N–H and O–H groups in total. The van der Waals surface area contributed by atoms with E-state index in [1.165, 1.54) is 0 Å². The third-order valence-electron chi connectivity index (χ3n) is 3.01. The highest BCUT2D eigenvalue weighted by Gasteiger charge is 2.30. The van der Waals surface area contributed by atoms with Gasteiger partial charge in [0.25, 0.3) is 0 Å². The second-order valence-corrected chi connectivity index (χ2v) is 4.52. The van der Waals surface area contributed by atoms with Crippen LogP contribution in [-0.4, -0.2) is 23.0 Å². The highest BCUT2D eigenvalue weighted by atomic mass is 16.5. The summed E-state index contributed by atoms with van der Waals surface area (Å²) in [5.41, 5.74) is 0.674. The Labute approximate surface area is 106 Å². The lowest BCUT2D eigenvalue weighted by atomic mass is 10.1. The minimum absolute atomic E-state index is 0.173. The first kappa shape index (κ1) is 12.6. The Bertz CT molecular complexity index is 445. The van der Waals surface area contributed by atoms with Crippen molar-refractivity contribution in [1.29, 1.82) is 0 Å². The number of hydrogen-bond acceptors (Lipinski definition) is 3. The summed E-state index contributed by atoms with van der Waals surface area (Å²) in [5.74, 6) is -0.127. The van der Waals surface area contributed by atoms with Gasteiger partial charge in [-0.3, -0.25) is 4.79 Å². The highest BCUT2D eigenvalue weighted by molar-refractivity contribution is 5.99. The van der Waals surface area contributed by atoms with Gasteiger partial charge in [-0.2, -0.15) is 0 Å². The number of hydrogen-bond donors (Lipinski definition) is 1. The molecule has 2 rings (SSSR count). The predicted octanol–water partition coefficient (Wildman–Crippen LogP) is 2.52. The molecule has 1 aliphatic carbocycles. The molecule has 1 aliphatic rings. The Morgan fingerprint density at radius 3 is 2.39 bits per heavy atom. The first-order valence-electron chi connectivity index (χ1n) is 6.15. The number of ketones is 1. The second kappa shape index (κ2) is 5.21. The standard InChI is InChI=1S/C14H16O4/c1-2-12(14(16)17)18-11-7-5-10(6-8-11)13(15)9-3-4-9/h5-9,12H,2-4H2,1H3,(H,16,17). The average Bonchev–Trinajstić information content (AvgIpc) is 3.19. The number of carbonyl (C=O) groups excluding carboxylic acids is 1. The fraction of sp³-hybridized carbons (Fsp3) is 0.429. The van der Waals surface area contributed by atoms with E-state index < -0.39 is 12.1 Å². The Balaban J connectivity index is 2.02. The van der Waals surface area contributed by atoms with Gasteiger partial charge in [0.1, 0.15) is 5.75 Å². The Kier molecular flexibility index (Phi) is 3.65. The van der Waals surface area contributed by atoms with Gasteiger partial charge in [-0.25, -0.2) is 4.79 Å². The topological polar surface area (TPSA) is 63.6 Å². The number of carboxylic acid groups (broad SMARTS) is 1. The number of rotatable bonds is 6. The Hall–Kier alpha value is -1.84. The van der Waals surface area contributed by atoms with Crippen LogP contribution in [0.4, 0.5) is 0 Å². The fourth-order valence-electron chi connectivity index (χ4n) is 1.75. The van der Waals surface area contributed by atoms with Gasteiger partial charge in [0, 0.05) is 11.5 Å². The minimum atomic E-state index is -0.976. The molecule has 0 amide bonds. The summed E-state index contributed by atoms with van der Waals surface area (Å²) in [6.45, 7) is 1.75. The Morgan fingerprint density at radius 1 is 1.33 bits per heavy atom. The molecule has 0 spiro atoms. The van der Waals surface area contributed by atoms with Crippen LogP contribution in [0.5, 0.6) is 5.75 Å². The summed E-state index contributed by atoms with van der Waals surface area (Å²) in [7, 11) is 0. The van der Waals surface area contributed by atoms with Crippen molar-refractivity contribution in [3.05, 3.63) is 29.8 Å². The SMILES string of the molecule is CCC(Oc1ccc(C(=O)C2CC2)cc1)C(=O)O. The van der Waals surface area contributed by atoms with Crippen molar-refractivity contribution in [3.8, 4) is 5.75 Å². The monoisotopic (exact) mass is 248 g/mol. The van der Waals surface area contributed by atoms with Crippen molar-refractivity contribution in [2.24, 2.45) is 5.92 Å². The van der Waals surface area contributed by atoms with Crippen LogP contribution in [0, 0.1) is 5.92 Å². The largest absolute Gasteiger partial charge is 0.479 e. The lowest BCUT2D eigenvalue weighted by Crippen LogP contribution is -2.25. The summed E-state index contributed by atoms with van der Waals surface area (Å²) in [6.07, 6.45) is 1.52. The van der Waals surface area contributed by atoms with E-state index in [0.717, 1.165) is 12.8 Å². The van der Waals surface area contributed by atoms with Crippen LogP contribution >= 0.6 is 0 Å². The van der Waals surface area contributed by atoms with Crippen molar-refractivity contribution in [1.82, 2.24) is 0 Å². The second-order valence-electron chi connectivity index (χ2n) is 4.52. The zero-order valence-electron chi connectivity index (χ0n) is 10.3. The molecule has 0 heterocycles. The number of Topliss-reactive ketones (excluding diaryl/α,β-unsaturated/α-hetero) is 1. The molecule has 0 bridgehead atoms. The molecule has 0 saturated heterocycles. The van der Waals surface area contributed by atoms with Crippen LogP contribution in [0.3, 0.4) is 0 Å². The van der Waals surface area contributed by atoms with Crippen LogP contribution in [-0.2, 0) is 4.79 Å². The molecule has 1 atom stereocenters. The molecule has 1 aromatic carbocycles. The highest BCUT2D eigenvalue weighted by Crippen LogP contribution is 2.32. The van der Waals surface area contributed by atoms with Crippen LogP contribution in [0.25, 0.3) is 0 Å². The maximum Gasteiger partial charge on any atom is 0.344 e. The van der Waals surface area contributed by atoms with Gasteiger partial charge in [0.05, 0.1) is 0 Å². The van der Waals surface area contributed by atoms with E-state index in [0.29, 0.717) is 17.7 Å². The number of aliphatic carboxylic acids is 1. The summed E-state index contributed by atoms with van der Waals surface area (Å²) in [4.78, 5) is 22.6. The van der Waals surface area contributed by atoms with E-state index in [4.69, 9.17) is 9.84 Å². The van der Waals surface area contributed by atoms with Crippen LogP contribution in [0.15, 0.2) is 24.3 Å². The zero-order valence-corrected chi connectivity index (χ0v) is 10.3. The summed E-state index contributed by atoms with van der Waals surface area (Å²) >= 11 is 0. The predicted molar refractivity (Wildman–Crippen MR) is 65.8 cm³/mol. The first-order chi connectivity index (χ1) is 8.61. The minimum Gasteiger partial charge on any atom is -0.479 e. The van der Waals surface area contributed by atoms with Gasteiger partial charge < -0.3 is 9.84 Å². The number of ether oxygens (including phenoxy) is 1. The van der Waals surface area contributed by atoms with Crippen LogP contribution in [0.1, 0.15) is 36.5 Å². The normalized spacial score (nSPS) is 16.1. The third-order valence-corrected chi connectivity index (χ3v) is 3.01. The van der Waals surface area contributed by atoms with Gasteiger partial charge in [0.2, 0.25) is 0 Å². The molecule has 96 valence electrons. The molecule has 1 fully saturated rings. The number of benzene rings is 1. The third kappa shape index (κ3) is 2.88. The van der Waals surface area contributed by atoms with Crippen molar-refractivity contribution >= 4 is 11.8 Å². The van der Waals surface area contributed by atoms with Gasteiger partial charge in [-0.15, -0.1) is 0 Å². The summed E-state index contributed by atoms with van der Waals surface area (Å²) in [5, 5.41) is 8.88. The van der Waals surface area contributed by atoms with E-state index in [1.807, 2.05) is 0 Å². The van der Waals surface area contributed by atoms with E-state index in [-0.39, 0.29) is 11.7 Å². The lowest BCUT2D eigenvalue weighted by molar-refractivity contribution is -0.145. The van der Waals surface area contributed by atoms with Crippen molar-refractivity contribution in [3.63, 3.8) is 0 Å². The molecule has 4 heteroatoms. The molecule has 0 aliphatic heterocycles. The molecular formula is C14H16O4. The quantitative estimate of drug-likeness (QED) is 0.786. The molecule has 4 nitrogen and oxygen atoms in total. The van der Waals surface area contributed by atoms with Gasteiger partial charge in [-0.05, 0) is 43.5 Å². The van der Waals surface area contributed by atoms with Gasteiger partial charge in [-0.1, -0.05) is 6.92 Å².